The number of rotatable bonds is 3. The lowest BCUT2D eigenvalue weighted by Gasteiger charge is -2.15. The van der Waals surface area contributed by atoms with E-state index in [0.29, 0.717) is 36.8 Å². The average molecular weight is 316 g/mol. The zero-order valence-electron chi connectivity index (χ0n) is 12.6. The van der Waals surface area contributed by atoms with Gasteiger partial charge in [0, 0.05) is 13.1 Å². The molecule has 1 aromatic heterocycles. The lowest BCUT2D eigenvalue weighted by molar-refractivity contribution is 0.0658. The number of carbonyl (C=O) groups is 2. The molecule has 1 N–H and O–H groups in total. The number of ether oxygens (including phenoxy) is 1. The lowest BCUT2D eigenvalue weighted by Crippen LogP contribution is -2.31. The zero-order chi connectivity index (χ0) is 16.4. The second-order valence-corrected chi connectivity index (χ2v) is 5.38. The normalized spacial score (nSPS) is 17.3. The Balaban J connectivity index is 1.65. The van der Waals surface area contributed by atoms with Gasteiger partial charge in [0.1, 0.15) is 5.75 Å². The Bertz CT molecular complexity index is 725. The maximum absolute atomic E-state index is 12.1. The van der Waals surface area contributed by atoms with E-state index in [1.807, 2.05) is 6.07 Å². The molecule has 1 aliphatic heterocycles. The van der Waals surface area contributed by atoms with Crippen molar-refractivity contribution in [3.63, 3.8) is 0 Å². The van der Waals surface area contributed by atoms with E-state index < -0.39 is 12.1 Å². The van der Waals surface area contributed by atoms with Crippen LogP contribution in [0.5, 0.6) is 5.75 Å². The third kappa shape index (κ3) is 3.18. The van der Waals surface area contributed by atoms with E-state index >= 15 is 0 Å². The van der Waals surface area contributed by atoms with Crippen LogP contribution in [0.1, 0.15) is 34.5 Å². The number of amides is 1. The Hall–Kier alpha value is -2.83. The number of aromatic nitrogens is 1. The second-order valence-electron chi connectivity index (χ2n) is 5.38. The number of para-hydroxylation sites is 1. The van der Waals surface area contributed by atoms with E-state index in [4.69, 9.17) is 14.3 Å². The minimum absolute atomic E-state index is 0.120. The van der Waals surface area contributed by atoms with Gasteiger partial charge >= 0.3 is 12.1 Å². The summed E-state index contributed by atoms with van der Waals surface area (Å²) in [5.74, 6) is -0.564. The van der Waals surface area contributed by atoms with Crippen LogP contribution in [0.15, 0.2) is 34.7 Å². The Morgan fingerprint density at radius 2 is 2.09 bits per heavy atom. The molecule has 0 spiro atoms. The summed E-state index contributed by atoms with van der Waals surface area (Å²) in [5, 5.41) is 9.01. The predicted molar refractivity (Wildman–Crippen MR) is 79.6 cm³/mol. The molecule has 1 fully saturated rings. The highest BCUT2D eigenvalue weighted by molar-refractivity contribution is 5.85. The fraction of sp³-hybridized carbons (Fsp3) is 0.312. The van der Waals surface area contributed by atoms with Gasteiger partial charge in [-0.2, -0.15) is 0 Å². The lowest BCUT2D eigenvalue weighted by atomic mass is 10.1. The number of nitrogens with zero attached hydrogens (tertiary/aromatic N) is 2. The standard InChI is InChI=1S/C16H16N2O5/c1-10-13(15(19)20)23-14(17-10)11-7-8-18(9-11)16(21)22-12-5-3-2-4-6-12/h2-6,11H,7-9H2,1H3,(H,19,20)/t11-/m1/s1. The Morgan fingerprint density at radius 1 is 1.35 bits per heavy atom. The number of aryl methyl sites for hydroxylation is 1. The van der Waals surface area contributed by atoms with Crippen LogP contribution in [-0.4, -0.2) is 40.1 Å². The molecule has 1 amide bonds. The summed E-state index contributed by atoms with van der Waals surface area (Å²) >= 11 is 0. The van der Waals surface area contributed by atoms with Crippen molar-refractivity contribution < 1.29 is 23.8 Å². The third-order valence-corrected chi connectivity index (χ3v) is 3.75. The molecule has 2 heterocycles. The molecule has 1 atom stereocenters. The molecule has 3 rings (SSSR count). The molecule has 0 unspecified atom stereocenters. The Labute approximate surface area is 132 Å². The van der Waals surface area contributed by atoms with Crippen molar-refractivity contribution in [2.75, 3.05) is 13.1 Å². The van der Waals surface area contributed by atoms with Gasteiger partial charge in [-0.1, -0.05) is 18.2 Å². The van der Waals surface area contributed by atoms with Gasteiger partial charge in [-0.05, 0) is 25.5 Å². The zero-order valence-corrected chi connectivity index (χ0v) is 12.6. The molecular weight excluding hydrogens is 300 g/mol. The summed E-state index contributed by atoms with van der Waals surface area (Å²) < 4.78 is 10.6. The molecule has 23 heavy (non-hydrogen) atoms. The molecule has 0 bridgehead atoms. The van der Waals surface area contributed by atoms with Crippen molar-refractivity contribution >= 4 is 12.1 Å². The highest BCUT2D eigenvalue weighted by Gasteiger charge is 2.32. The second kappa shape index (κ2) is 6.12. The van der Waals surface area contributed by atoms with Crippen molar-refractivity contribution in [1.29, 1.82) is 0 Å². The molecular formula is C16H16N2O5. The van der Waals surface area contributed by atoms with Gasteiger partial charge < -0.3 is 19.2 Å². The van der Waals surface area contributed by atoms with E-state index in [-0.39, 0.29) is 11.7 Å². The highest BCUT2D eigenvalue weighted by Crippen LogP contribution is 2.28. The van der Waals surface area contributed by atoms with E-state index in [2.05, 4.69) is 4.98 Å². The van der Waals surface area contributed by atoms with Gasteiger partial charge in [-0.25, -0.2) is 14.6 Å². The van der Waals surface area contributed by atoms with E-state index in [9.17, 15) is 9.59 Å². The van der Waals surface area contributed by atoms with Crippen LogP contribution in [0.4, 0.5) is 4.79 Å². The third-order valence-electron chi connectivity index (χ3n) is 3.75. The van der Waals surface area contributed by atoms with Gasteiger partial charge in [0.15, 0.2) is 0 Å². The highest BCUT2D eigenvalue weighted by atomic mass is 16.6. The minimum atomic E-state index is -1.14. The molecule has 7 heteroatoms. The monoisotopic (exact) mass is 316 g/mol. The molecule has 0 saturated carbocycles. The first-order valence-corrected chi connectivity index (χ1v) is 7.27. The summed E-state index contributed by atoms with van der Waals surface area (Å²) in [6, 6.07) is 8.84. The van der Waals surface area contributed by atoms with Crippen LogP contribution < -0.4 is 4.74 Å². The van der Waals surface area contributed by atoms with Crippen LogP contribution in [0, 0.1) is 6.92 Å². The summed E-state index contributed by atoms with van der Waals surface area (Å²) in [6.07, 6.45) is 0.226. The van der Waals surface area contributed by atoms with E-state index in [1.165, 1.54) is 0 Å². The Morgan fingerprint density at radius 3 is 2.74 bits per heavy atom. The van der Waals surface area contributed by atoms with Crippen molar-refractivity contribution in [3.05, 3.63) is 47.7 Å². The van der Waals surface area contributed by atoms with E-state index in [1.54, 1.807) is 36.1 Å². The van der Waals surface area contributed by atoms with Crippen molar-refractivity contribution in [2.45, 2.75) is 19.3 Å². The number of likely N-dealkylation sites (tertiary alicyclic amines) is 1. The quantitative estimate of drug-likeness (QED) is 0.935. The molecule has 1 saturated heterocycles. The number of carboxylic acid groups (broad SMARTS) is 1. The maximum atomic E-state index is 12.1. The molecule has 7 nitrogen and oxygen atoms in total. The predicted octanol–water partition coefficient (Wildman–Crippen LogP) is 2.67. The summed E-state index contributed by atoms with van der Waals surface area (Å²) in [7, 11) is 0. The first-order chi connectivity index (χ1) is 11.0. The van der Waals surface area contributed by atoms with Crippen molar-refractivity contribution in [3.8, 4) is 5.75 Å². The van der Waals surface area contributed by atoms with Crippen LogP contribution in [0.25, 0.3) is 0 Å². The molecule has 0 radical (unpaired) electrons. The molecule has 1 aromatic carbocycles. The maximum Gasteiger partial charge on any atom is 0.415 e. The van der Waals surface area contributed by atoms with Crippen LogP contribution in [-0.2, 0) is 0 Å². The van der Waals surface area contributed by atoms with Crippen molar-refractivity contribution in [2.24, 2.45) is 0 Å². The topological polar surface area (TPSA) is 92.9 Å². The number of hydrogen-bond acceptors (Lipinski definition) is 5. The summed E-state index contributed by atoms with van der Waals surface area (Å²) in [6.45, 7) is 2.50. The Kier molecular flexibility index (Phi) is 4.01. The van der Waals surface area contributed by atoms with Gasteiger partial charge in [0.25, 0.3) is 0 Å². The van der Waals surface area contributed by atoms with Crippen LogP contribution in [0.3, 0.4) is 0 Å². The van der Waals surface area contributed by atoms with Gasteiger partial charge in [-0.3, -0.25) is 0 Å². The van der Waals surface area contributed by atoms with Gasteiger partial charge in [0.05, 0.1) is 11.6 Å². The molecule has 0 aliphatic carbocycles. The van der Waals surface area contributed by atoms with Crippen LogP contribution >= 0.6 is 0 Å². The summed E-state index contributed by atoms with van der Waals surface area (Å²) in [4.78, 5) is 28.9. The van der Waals surface area contributed by atoms with Gasteiger partial charge in [0.2, 0.25) is 11.7 Å². The van der Waals surface area contributed by atoms with Crippen molar-refractivity contribution in [1.82, 2.24) is 9.88 Å². The minimum Gasteiger partial charge on any atom is -0.475 e. The summed E-state index contributed by atoms with van der Waals surface area (Å²) in [5.41, 5.74) is 0.345. The fourth-order valence-corrected chi connectivity index (χ4v) is 2.57. The average Bonchev–Trinajstić information content (AvgIpc) is 3.14. The smallest absolute Gasteiger partial charge is 0.415 e. The number of hydrogen-bond donors (Lipinski definition) is 1. The van der Waals surface area contributed by atoms with Gasteiger partial charge in [-0.15, -0.1) is 0 Å². The number of benzene rings is 1. The van der Waals surface area contributed by atoms with Crippen LogP contribution in [0.2, 0.25) is 0 Å². The number of aromatic carboxylic acids is 1. The first-order valence-electron chi connectivity index (χ1n) is 7.27. The SMILES string of the molecule is Cc1nc([C@@H]2CCN(C(=O)Oc3ccccc3)C2)oc1C(=O)O. The first kappa shape index (κ1) is 15.1. The fourth-order valence-electron chi connectivity index (χ4n) is 2.57. The number of carboxylic acids is 1. The number of carbonyl (C=O) groups excluding carboxylic acids is 1. The van der Waals surface area contributed by atoms with E-state index in [0.717, 1.165) is 0 Å². The molecule has 1 aliphatic rings. The largest absolute Gasteiger partial charge is 0.475 e. The molecule has 120 valence electrons. The molecule has 2 aromatic rings. The number of oxazole rings is 1.